The number of carbonyl (C=O) groups excluding carboxylic acids is 1. The zero-order valence-corrected chi connectivity index (χ0v) is 12.3. The lowest BCUT2D eigenvalue weighted by Gasteiger charge is -2.42. The largest absolute Gasteiger partial charge is 0.361 e. The molecule has 0 atom stereocenters. The standard InChI is InChI=1S/C15H17N3OS/c1-9-5-8-16-14-10(9)11-12(20-14)13(19)18-15(17-11)6-3-2-4-7-15/h5,8,17H,2-4,6-7H2,1H3,(H,18,19). The summed E-state index contributed by atoms with van der Waals surface area (Å²) in [4.78, 5) is 18.6. The number of pyridine rings is 1. The van der Waals surface area contributed by atoms with Crippen LogP contribution < -0.4 is 10.6 Å². The molecule has 2 aromatic rings. The van der Waals surface area contributed by atoms with Gasteiger partial charge in [0.25, 0.3) is 5.91 Å². The van der Waals surface area contributed by atoms with Crippen LogP contribution in [0.15, 0.2) is 12.3 Å². The van der Waals surface area contributed by atoms with Gasteiger partial charge in [0.1, 0.15) is 15.4 Å². The summed E-state index contributed by atoms with van der Waals surface area (Å²) in [6.45, 7) is 2.08. The molecule has 2 N–H and O–H groups in total. The highest BCUT2D eigenvalue weighted by Crippen LogP contribution is 2.43. The Balaban J connectivity index is 1.89. The van der Waals surface area contributed by atoms with E-state index in [0.29, 0.717) is 0 Å². The summed E-state index contributed by atoms with van der Waals surface area (Å²) in [5.41, 5.74) is 1.94. The van der Waals surface area contributed by atoms with E-state index >= 15 is 0 Å². The van der Waals surface area contributed by atoms with Gasteiger partial charge in [0, 0.05) is 11.6 Å². The van der Waals surface area contributed by atoms with Crippen LogP contribution in [0.5, 0.6) is 0 Å². The molecule has 0 bridgehead atoms. The van der Waals surface area contributed by atoms with Crippen molar-refractivity contribution in [2.75, 3.05) is 5.32 Å². The molecule has 20 heavy (non-hydrogen) atoms. The lowest BCUT2D eigenvalue weighted by atomic mass is 9.87. The number of amides is 1. The molecule has 1 aliphatic carbocycles. The molecular formula is C15H17N3OS. The van der Waals surface area contributed by atoms with Crippen LogP contribution in [0.3, 0.4) is 0 Å². The quantitative estimate of drug-likeness (QED) is 0.780. The monoisotopic (exact) mass is 287 g/mol. The van der Waals surface area contributed by atoms with Crippen molar-refractivity contribution >= 4 is 33.1 Å². The first kappa shape index (κ1) is 12.1. The second kappa shape index (κ2) is 4.19. The second-order valence-corrected chi connectivity index (χ2v) is 6.84. The first-order valence-corrected chi connectivity index (χ1v) is 7.99. The van der Waals surface area contributed by atoms with Crippen LogP contribution in [0.2, 0.25) is 0 Å². The van der Waals surface area contributed by atoms with Crippen molar-refractivity contribution in [2.45, 2.75) is 44.7 Å². The third-order valence-electron chi connectivity index (χ3n) is 4.43. The van der Waals surface area contributed by atoms with Crippen LogP contribution in [0.4, 0.5) is 5.69 Å². The van der Waals surface area contributed by atoms with E-state index in [4.69, 9.17) is 0 Å². The molecule has 2 aliphatic rings. The normalized spacial score (nSPS) is 20.6. The van der Waals surface area contributed by atoms with Gasteiger partial charge < -0.3 is 10.6 Å². The number of anilines is 1. The third-order valence-corrected chi connectivity index (χ3v) is 5.53. The Hall–Kier alpha value is -1.62. The molecule has 104 valence electrons. The highest BCUT2D eigenvalue weighted by Gasteiger charge is 2.40. The van der Waals surface area contributed by atoms with Gasteiger partial charge >= 0.3 is 0 Å². The van der Waals surface area contributed by atoms with Crippen LogP contribution in [0.1, 0.15) is 47.3 Å². The van der Waals surface area contributed by atoms with E-state index < -0.39 is 0 Å². The third kappa shape index (κ3) is 1.66. The van der Waals surface area contributed by atoms with Crippen molar-refractivity contribution < 1.29 is 4.79 Å². The minimum atomic E-state index is -0.237. The molecular weight excluding hydrogens is 270 g/mol. The predicted octanol–water partition coefficient (Wildman–Crippen LogP) is 3.42. The fraction of sp³-hybridized carbons (Fsp3) is 0.467. The maximum atomic E-state index is 12.5. The van der Waals surface area contributed by atoms with Gasteiger partial charge in [0.2, 0.25) is 0 Å². The average Bonchev–Trinajstić information content (AvgIpc) is 2.80. The van der Waals surface area contributed by atoms with Crippen molar-refractivity contribution in [1.29, 1.82) is 0 Å². The number of rotatable bonds is 0. The lowest BCUT2D eigenvalue weighted by molar-refractivity contribution is 0.0881. The molecule has 4 rings (SSSR count). The van der Waals surface area contributed by atoms with Gasteiger partial charge in [-0.3, -0.25) is 4.79 Å². The molecule has 5 heteroatoms. The molecule has 0 radical (unpaired) electrons. The van der Waals surface area contributed by atoms with Gasteiger partial charge in [0.05, 0.1) is 5.69 Å². The maximum absolute atomic E-state index is 12.5. The predicted molar refractivity (Wildman–Crippen MR) is 81.3 cm³/mol. The molecule has 3 heterocycles. The Bertz CT molecular complexity index is 700. The molecule has 4 nitrogen and oxygen atoms in total. The smallest absolute Gasteiger partial charge is 0.265 e. The van der Waals surface area contributed by atoms with Gasteiger partial charge in [-0.05, 0) is 44.2 Å². The minimum Gasteiger partial charge on any atom is -0.361 e. The number of thiophene rings is 1. The van der Waals surface area contributed by atoms with Crippen molar-refractivity contribution in [3.8, 4) is 0 Å². The van der Waals surface area contributed by atoms with Gasteiger partial charge in [-0.25, -0.2) is 4.98 Å². The Morgan fingerprint density at radius 1 is 1.25 bits per heavy atom. The first-order chi connectivity index (χ1) is 9.69. The van der Waals surface area contributed by atoms with Crippen molar-refractivity contribution in [3.05, 3.63) is 22.7 Å². The molecule has 1 aliphatic heterocycles. The summed E-state index contributed by atoms with van der Waals surface area (Å²) in [6, 6.07) is 2.01. The highest BCUT2D eigenvalue weighted by molar-refractivity contribution is 7.21. The second-order valence-electron chi connectivity index (χ2n) is 5.84. The first-order valence-electron chi connectivity index (χ1n) is 7.17. The molecule has 1 amide bonds. The fourth-order valence-corrected chi connectivity index (χ4v) is 4.48. The zero-order chi connectivity index (χ0) is 13.7. The van der Waals surface area contributed by atoms with Crippen molar-refractivity contribution in [2.24, 2.45) is 0 Å². The molecule has 0 unspecified atom stereocenters. The number of hydrogen-bond donors (Lipinski definition) is 2. The molecule has 0 aromatic carbocycles. The van der Waals surface area contributed by atoms with Crippen LogP contribution in [0, 0.1) is 6.92 Å². The number of fused-ring (bicyclic) bond motifs is 3. The van der Waals surface area contributed by atoms with Crippen molar-refractivity contribution in [3.63, 3.8) is 0 Å². The number of nitrogens with zero attached hydrogens (tertiary/aromatic N) is 1. The number of hydrogen-bond acceptors (Lipinski definition) is 4. The van der Waals surface area contributed by atoms with E-state index in [9.17, 15) is 4.79 Å². The van der Waals surface area contributed by atoms with Crippen LogP contribution in [-0.4, -0.2) is 16.6 Å². The van der Waals surface area contributed by atoms with Crippen LogP contribution in [0.25, 0.3) is 10.2 Å². The van der Waals surface area contributed by atoms with E-state index in [1.807, 2.05) is 12.3 Å². The number of carbonyl (C=O) groups is 1. The Kier molecular flexibility index (Phi) is 2.54. The summed E-state index contributed by atoms with van der Waals surface area (Å²) in [7, 11) is 0. The highest BCUT2D eigenvalue weighted by atomic mass is 32.1. The summed E-state index contributed by atoms with van der Waals surface area (Å²) >= 11 is 1.48. The Labute approximate surface area is 121 Å². The molecule has 1 spiro atoms. The Morgan fingerprint density at radius 3 is 2.85 bits per heavy atom. The summed E-state index contributed by atoms with van der Waals surface area (Å²) in [6.07, 6.45) is 7.43. The average molecular weight is 287 g/mol. The zero-order valence-electron chi connectivity index (χ0n) is 11.5. The number of aromatic nitrogens is 1. The number of nitrogens with one attached hydrogen (secondary N) is 2. The number of aryl methyl sites for hydroxylation is 1. The van der Waals surface area contributed by atoms with Gasteiger partial charge in [-0.15, -0.1) is 11.3 Å². The summed E-state index contributed by atoms with van der Waals surface area (Å²) in [5.74, 6) is 0.0584. The van der Waals surface area contributed by atoms with Gasteiger partial charge in [-0.1, -0.05) is 6.42 Å². The molecule has 2 aromatic heterocycles. The Morgan fingerprint density at radius 2 is 2.05 bits per heavy atom. The SMILES string of the molecule is Cc1ccnc2sc3c(c12)NC1(CCCCC1)NC3=O. The van der Waals surface area contributed by atoms with Crippen molar-refractivity contribution in [1.82, 2.24) is 10.3 Å². The molecule has 1 fully saturated rings. The van der Waals surface area contributed by atoms with Gasteiger partial charge in [0.15, 0.2) is 0 Å². The van der Waals surface area contributed by atoms with E-state index in [0.717, 1.165) is 33.6 Å². The molecule has 0 saturated heterocycles. The van der Waals surface area contributed by atoms with E-state index in [1.54, 1.807) is 0 Å². The van der Waals surface area contributed by atoms with Gasteiger partial charge in [-0.2, -0.15) is 0 Å². The topological polar surface area (TPSA) is 54.0 Å². The summed E-state index contributed by atoms with van der Waals surface area (Å²) < 4.78 is 0. The summed E-state index contributed by atoms with van der Waals surface area (Å²) in [5, 5.41) is 7.96. The fourth-order valence-electron chi connectivity index (χ4n) is 3.41. The van der Waals surface area contributed by atoms with E-state index in [1.165, 1.54) is 36.2 Å². The minimum absolute atomic E-state index is 0.0584. The molecule has 1 saturated carbocycles. The lowest BCUT2D eigenvalue weighted by Crippen LogP contribution is -2.58. The maximum Gasteiger partial charge on any atom is 0.265 e. The van der Waals surface area contributed by atoms with E-state index in [-0.39, 0.29) is 11.6 Å². The van der Waals surface area contributed by atoms with Crippen LogP contribution >= 0.6 is 11.3 Å². The van der Waals surface area contributed by atoms with E-state index in [2.05, 4.69) is 22.5 Å². The van der Waals surface area contributed by atoms with Crippen LogP contribution in [-0.2, 0) is 0 Å².